The molecule has 2 N–H and O–H groups in total. The smallest absolute Gasteiger partial charge is 0.249 e. The number of aromatic nitrogens is 3. The first kappa shape index (κ1) is 16.7. The predicted molar refractivity (Wildman–Crippen MR) is 99.9 cm³/mol. The average molecular weight is 335 g/mol. The van der Waals surface area contributed by atoms with Crippen molar-refractivity contribution in [3.8, 4) is 5.75 Å². The van der Waals surface area contributed by atoms with E-state index in [4.69, 9.17) is 4.74 Å². The molecule has 0 atom stereocenters. The van der Waals surface area contributed by atoms with E-state index in [1.54, 1.807) is 6.20 Å². The molecule has 0 unspecified atom stereocenters. The quantitative estimate of drug-likeness (QED) is 0.697. The fourth-order valence-electron chi connectivity index (χ4n) is 2.37. The van der Waals surface area contributed by atoms with E-state index < -0.39 is 0 Å². The van der Waals surface area contributed by atoms with Crippen LogP contribution in [-0.2, 0) is 0 Å². The van der Waals surface area contributed by atoms with Crippen LogP contribution in [0.4, 0.5) is 23.1 Å². The summed E-state index contributed by atoms with van der Waals surface area (Å²) in [4.78, 5) is 4.47. The van der Waals surface area contributed by atoms with Gasteiger partial charge < -0.3 is 15.4 Å². The van der Waals surface area contributed by atoms with Gasteiger partial charge in [-0.15, -0.1) is 5.10 Å². The van der Waals surface area contributed by atoms with E-state index in [1.807, 2.05) is 43.3 Å². The Morgan fingerprint density at radius 3 is 2.56 bits per heavy atom. The molecule has 0 amide bonds. The van der Waals surface area contributed by atoms with Gasteiger partial charge in [-0.1, -0.05) is 12.1 Å². The Kier molecular flexibility index (Phi) is 5.09. The molecule has 0 fully saturated rings. The van der Waals surface area contributed by atoms with E-state index in [1.165, 1.54) is 5.56 Å². The maximum Gasteiger partial charge on any atom is 0.249 e. The van der Waals surface area contributed by atoms with Crippen LogP contribution >= 0.6 is 0 Å². The number of hydrogen-bond donors (Lipinski definition) is 2. The van der Waals surface area contributed by atoms with Crippen molar-refractivity contribution in [2.24, 2.45) is 0 Å². The summed E-state index contributed by atoms with van der Waals surface area (Å²) in [7, 11) is 0. The Morgan fingerprint density at radius 2 is 1.80 bits per heavy atom. The SMILES string of the molecule is CCOc1ccc(Nc2cnnc(Nc3cccc(C)c3C)n2)cc1. The van der Waals surface area contributed by atoms with E-state index in [0.29, 0.717) is 18.4 Å². The molecule has 2 aromatic carbocycles. The fourth-order valence-corrected chi connectivity index (χ4v) is 2.37. The van der Waals surface area contributed by atoms with Crippen molar-refractivity contribution >= 4 is 23.1 Å². The van der Waals surface area contributed by atoms with Gasteiger partial charge in [-0.3, -0.25) is 0 Å². The minimum atomic E-state index is 0.449. The van der Waals surface area contributed by atoms with Gasteiger partial charge >= 0.3 is 0 Å². The molecule has 0 aliphatic rings. The zero-order valence-electron chi connectivity index (χ0n) is 14.6. The molecule has 0 saturated carbocycles. The summed E-state index contributed by atoms with van der Waals surface area (Å²) in [6, 6.07) is 13.8. The fraction of sp³-hybridized carbons (Fsp3) is 0.211. The van der Waals surface area contributed by atoms with E-state index in [9.17, 15) is 0 Å². The first-order valence-corrected chi connectivity index (χ1v) is 8.18. The van der Waals surface area contributed by atoms with Crippen molar-refractivity contribution in [2.75, 3.05) is 17.2 Å². The average Bonchev–Trinajstić information content (AvgIpc) is 2.61. The predicted octanol–water partition coefficient (Wildman–Crippen LogP) is 4.37. The van der Waals surface area contributed by atoms with E-state index >= 15 is 0 Å². The lowest BCUT2D eigenvalue weighted by Gasteiger charge is -2.11. The summed E-state index contributed by atoms with van der Waals surface area (Å²) in [6.45, 7) is 6.75. The Morgan fingerprint density at radius 1 is 1.00 bits per heavy atom. The summed E-state index contributed by atoms with van der Waals surface area (Å²) in [5.74, 6) is 1.91. The van der Waals surface area contributed by atoms with Crippen molar-refractivity contribution < 1.29 is 4.74 Å². The van der Waals surface area contributed by atoms with Gasteiger partial charge in [0.05, 0.1) is 12.8 Å². The highest BCUT2D eigenvalue weighted by atomic mass is 16.5. The molecule has 6 nitrogen and oxygen atoms in total. The minimum absolute atomic E-state index is 0.449. The van der Waals surface area contributed by atoms with Gasteiger partial charge in [-0.05, 0) is 62.2 Å². The van der Waals surface area contributed by atoms with Gasteiger partial charge in [0, 0.05) is 11.4 Å². The topological polar surface area (TPSA) is 72.0 Å². The highest BCUT2D eigenvalue weighted by Crippen LogP contribution is 2.22. The van der Waals surface area contributed by atoms with Crippen molar-refractivity contribution in [1.82, 2.24) is 15.2 Å². The zero-order valence-corrected chi connectivity index (χ0v) is 14.6. The third-order valence-electron chi connectivity index (χ3n) is 3.85. The molecule has 25 heavy (non-hydrogen) atoms. The first-order chi connectivity index (χ1) is 12.2. The standard InChI is InChI=1S/C19H21N5O/c1-4-25-16-10-8-15(9-11-16)21-18-12-20-24-19(23-18)22-17-7-5-6-13(2)14(17)3/h5-12H,4H2,1-3H3,(H2,21,22,23,24). The number of nitrogens with one attached hydrogen (secondary N) is 2. The van der Waals surface area contributed by atoms with Crippen molar-refractivity contribution in [1.29, 1.82) is 0 Å². The number of benzene rings is 2. The third kappa shape index (κ3) is 4.23. The number of rotatable bonds is 6. The lowest BCUT2D eigenvalue weighted by Crippen LogP contribution is -2.03. The number of aryl methyl sites for hydroxylation is 1. The molecule has 128 valence electrons. The molecular weight excluding hydrogens is 314 g/mol. The lowest BCUT2D eigenvalue weighted by atomic mass is 10.1. The number of anilines is 4. The van der Waals surface area contributed by atoms with Crippen molar-refractivity contribution in [3.05, 3.63) is 59.8 Å². The van der Waals surface area contributed by atoms with Crippen LogP contribution in [0.3, 0.4) is 0 Å². The molecular formula is C19H21N5O. The van der Waals surface area contributed by atoms with Gasteiger partial charge in [-0.25, -0.2) is 0 Å². The normalized spacial score (nSPS) is 10.4. The summed E-state index contributed by atoms with van der Waals surface area (Å²) in [5, 5.41) is 14.5. The lowest BCUT2D eigenvalue weighted by molar-refractivity contribution is 0.340. The zero-order chi connectivity index (χ0) is 17.6. The minimum Gasteiger partial charge on any atom is -0.494 e. The summed E-state index contributed by atoms with van der Waals surface area (Å²) < 4.78 is 5.44. The van der Waals surface area contributed by atoms with Gasteiger partial charge in [-0.2, -0.15) is 10.1 Å². The number of hydrogen-bond acceptors (Lipinski definition) is 6. The largest absolute Gasteiger partial charge is 0.494 e. The third-order valence-corrected chi connectivity index (χ3v) is 3.85. The Labute approximate surface area is 147 Å². The maximum absolute atomic E-state index is 5.44. The monoisotopic (exact) mass is 335 g/mol. The highest BCUT2D eigenvalue weighted by Gasteiger charge is 2.05. The molecule has 3 aromatic rings. The van der Waals surface area contributed by atoms with E-state index in [-0.39, 0.29) is 0 Å². The second-order valence-electron chi connectivity index (χ2n) is 5.62. The highest BCUT2D eigenvalue weighted by molar-refractivity contribution is 5.62. The second-order valence-corrected chi connectivity index (χ2v) is 5.62. The van der Waals surface area contributed by atoms with Gasteiger partial charge in [0.15, 0.2) is 5.82 Å². The van der Waals surface area contributed by atoms with Crippen LogP contribution in [0.15, 0.2) is 48.7 Å². The molecule has 6 heteroatoms. The van der Waals surface area contributed by atoms with Crippen LogP contribution < -0.4 is 15.4 Å². The van der Waals surface area contributed by atoms with Crippen LogP contribution in [0.25, 0.3) is 0 Å². The molecule has 1 aromatic heterocycles. The molecule has 0 aliphatic heterocycles. The van der Waals surface area contributed by atoms with Crippen LogP contribution in [-0.4, -0.2) is 21.8 Å². The van der Waals surface area contributed by atoms with Gasteiger partial charge in [0.2, 0.25) is 5.95 Å². The van der Waals surface area contributed by atoms with E-state index in [0.717, 1.165) is 22.7 Å². The second kappa shape index (κ2) is 7.61. The molecule has 0 bridgehead atoms. The Balaban J connectivity index is 1.74. The Hall–Kier alpha value is -3.15. The van der Waals surface area contributed by atoms with Crippen molar-refractivity contribution in [3.63, 3.8) is 0 Å². The molecule has 0 aliphatic carbocycles. The van der Waals surface area contributed by atoms with Gasteiger partial charge in [0.25, 0.3) is 0 Å². The van der Waals surface area contributed by atoms with Crippen LogP contribution in [0, 0.1) is 13.8 Å². The summed E-state index contributed by atoms with van der Waals surface area (Å²) in [6.07, 6.45) is 1.59. The summed E-state index contributed by atoms with van der Waals surface area (Å²) in [5.41, 5.74) is 4.25. The number of nitrogens with zero attached hydrogens (tertiary/aromatic N) is 3. The summed E-state index contributed by atoms with van der Waals surface area (Å²) >= 11 is 0. The maximum atomic E-state index is 5.44. The van der Waals surface area contributed by atoms with Crippen LogP contribution in [0.1, 0.15) is 18.1 Å². The molecule has 0 saturated heterocycles. The van der Waals surface area contributed by atoms with Crippen LogP contribution in [0.2, 0.25) is 0 Å². The molecule has 0 spiro atoms. The molecule has 1 heterocycles. The van der Waals surface area contributed by atoms with Gasteiger partial charge in [0.1, 0.15) is 5.75 Å². The van der Waals surface area contributed by atoms with Crippen molar-refractivity contribution in [2.45, 2.75) is 20.8 Å². The first-order valence-electron chi connectivity index (χ1n) is 8.18. The van der Waals surface area contributed by atoms with Crippen LogP contribution in [0.5, 0.6) is 5.75 Å². The molecule has 3 rings (SSSR count). The molecule has 0 radical (unpaired) electrons. The number of ether oxygens (including phenoxy) is 1. The Bertz CT molecular complexity index is 849. The van der Waals surface area contributed by atoms with E-state index in [2.05, 4.69) is 45.7 Å².